The summed E-state index contributed by atoms with van der Waals surface area (Å²) in [5, 5.41) is 10.4. The molecule has 0 aliphatic carbocycles. The quantitative estimate of drug-likeness (QED) is 0.849. The number of hydrogen-bond acceptors (Lipinski definition) is 4. The van der Waals surface area contributed by atoms with E-state index in [2.05, 4.69) is 0 Å². The van der Waals surface area contributed by atoms with Crippen LogP contribution in [0.25, 0.3) is 0 Å². The number of ether oxygens (including phenoxy) is 3. The Labute approximate surface area is 142 Å². The molecule has 1 aliphatic heterocycles. The normalized spacial score (nSPS) is 23.0. The van der Waals surface area contributed by atoms with Crippen molar-refractivity contribution in [2.75, 3.05) is 6.61 Å². The van der Waals surface area contributed by atoms with Crippen molar-refractivity contribution in [3.05, 3.63) is 84.1 Å². The fourth-order valence-corrected chi connectivity index (χ4v) is 2.56. The van der Waals surface area contributed by atoms with E-state index in [1.807, 2.05) is 60.7 Å². The van der Waals surface area contributed by atoms with Crippen LogP contribution in [-0.4, -0.2) is 30.0 Å². The summed E-state index contributed by atoms with van der Waals surface area (Å²) < 4.78 is 16.9. The molecule has 126 valence electrons. The molecule has 3 atom stereocenters. The highest BCUT2D eigenvalue weighted by Crippen LogP contribution is 2.18. The van der Waals surface area contributed by atoms with Gasteiger partial charge in [0.1, 0.15) is 18.3 Å². The lowest BCUT2D eigenvalue weighted by Crippen LogP contribution is -2.44. The lowest BCUT2D eigenvalue weighted by atomic mass is 10.1. The maximum Gasteiger partial charge on any atom is 0.150 e. The van der Waals surface area contributed by atoms with Gasteiger partial charge in [-0.1, -0.05) is 60.7 Å². The number of rotatable bonds is 7. The van der Waals surface area contributed by atoms with Gasteiger partial charge >= 0.3 is 0 Å². The summed E-state index contributed by atoms with van der Waals surface area (Å²) in [5.74, 6) is 0. The first-order valence-corrected chi connectivity index (χ1v) is 8.10. The molecule has 0 fully saturated rings. The first kappa shape index (κ1) is 16.7. The Kier molecular flexibility index (Phi) is 6.01. The van der Waals surface area contributed by atoms with Crippen molar-refractivity contribution < 1.29 is 19.3 Å². The highest BCUT2D eigenvalue weighted by Gasteiger charge is 2.31. The average Bonchev–Trinajstić information content (AvgIpc) is 2.64. The van der Waals surface area contributed by atoms with Crippen LogP contribution in [0, 0.1) is 0 Å². The van der Waals surface area contributed by atoms with Gasteiger partial charge < -0.3 is 19.3 Å². The van der Waals surface area contributed by atoms with E-state index in [4.69, 9.17) is 14.2 Å². The molecular formula is C20H22O4. The number of hydrogen-bond donors (Lipinski definition) is 1. The van der Waals surface area contributed by atoms with Crippen molar-refractivity contribution in [1.29, 1.82) is 0 Å². The summed E-state index contributed by atoms with van der Waals surface area (Å²) in [6.45, 7) is 1.25. The minimum atomic E-state index is -0.755. The Morgan fingerprint density at radius 1 is 0.875 bits per heavy atom. The molecule has 1 heterocycles. The first-order valence-electron chi connectivity index (χ1n) is 8.10. The van der Waals surface area contributed by atoms with E-state index < -0.39 is 18.3 Å². The molecule has 1 aliphatic rings. The molecule has 0 saturated heterocycles. The lowest BCUT2D eigenvalue weighted by Gasteiger charge is -2.31. The molecular weight excluding hydrogens is 304 g/mol. The van der Waals surface area contributed by atoms with Crippen molar-refractivity contribution >= 4 is 0 Å². The largest absolute Gasteiger partial charge is 0.493 e. The van der Waals surface area contributed by atoms with Gasteiger partial charge in [0.25, 0.3) is 0 Å². The van der Waals surface area contributed by atoms with Gasteiger partial charge in [0.05, 0.1) is 26.1 Å². The van der Waals surface area contributed by atoms with Gasteiger partial charge in [-0.2, -0.15) is 0 Å². The first-order chi connectivity index (χ1) is 11.8. The fraction of sp³-hybridized carbons (Fsp3) is 0.300. The Balaban J connectivity index is 1.46. The number of benzene rings is 2. The number of aliphatic hydroxyl groups is 1. The molecule has 0 saturated carbocycles. The molecule has 4 nitrogen and oxygen atoms in total. The van der Waals surface area contributed by atoms with E-state index in [9.17, 15) is 5.11 Å². The van der Waals surface area contributed by atoms with Crippen molar-refractivity contribution in [1.82, 2.24) is 0 Å². The minimum Gasteiger partial charge on any atom is -0.493 e. The fourth-order valence-electron chi connectivity index (χ4n) is 2.56. The predicted molar refractivity (Wildman–Crippen MR) is 91.1 cm³/mol. The van der Waals surface area contributed by atoms with Gasteiger partial charge in [0.15, 0.2) is 0 Å². The third-order valence-corrected chi connectivity index (χ3v) is 3.92. The molecule has 4 heteroatoms. The SMILES string of the molecule is O[C@H]1C(COCc2ccccc2)OC=C[C@H]1OCc1ccccc1. The van der Waals surface area contributed by atoms with Gasteiger partial charge in [-0.05, 0) is 17.2 Å². The van der Waals surface area contributed by atoms with Crippen LogP contribution in [0.15, 0.2) is 73.0 Å². The lowest BCUT2D eigenvalue weighted by molar-refractivity contribution is -0.116. The topological polar surface area (TPSA) is 47.9 Å². The highest BCUT2D eigenvalue weighted by molar-refractivity contribution is 5.14. The van der Waals surface area contributed by atoms with Gasteiger partial charge in [0.2, 0.25) is 0 Å². The van der Waals surface area contributed by atoms with Gasteiger partial charge in [-0.3, -0.25) is 0 Å². The summed E-state index contributed by atoms with van der Waals surface area (Å²) in [7, 11) is 0. The molecule has 24 heavy (non-hydrogen) atoms. The summed E-state index contributed by atoms with van der Waals surface area (Å²) in [6.07, 6.45) is 1.73. The molecule has 0 radical (unpaired) electrons. The molecule has 3 rings (SSSR count). The minimum absolute atomic E-state index is 0.311. The zero-order chi connectivity index (χ0) is 16.6. The average molecular weight is 326 g/mol. The Hall–Kier alpha value is -2.14. The van der Waals surface area contributed by atoms with Crippen LogP contribution in [0.2, 0.25) is 0 Å². The smallest absolute Gasteiger partial charge is 0.150 e. The van der Waals surface area contributed by atoms with E-state index in [1.54, 1.807) is 12.3 Å². The van der Waals surface area contributed by atoms with E-state index in [0.29, 0.717) is 19.8 Å². The summed E-state index contributed by atoms with van der Waals surface area (Å²) >= 11 is 0. The molecule has 0 spiro atoms. The monoisotopic (exact) mass is 326 g/mol. The van der Waals surface area contributed by atoms with Gasteiger partial charge in [0, 0.05) is 0 Å². The van der Waals surface area contributed by atoms with Crippen molar-refractivity contribution in [2.24, 2.45) is 0 Å². The van der Waals surface area contributed by atoms with Gasteiger partial charge in [-0.15, -0.1) is 0 Å². The van der Waals surface area contributed by atoms with Crippen molar-refractivity contribution in [3.63, 3.8) is 0 Å². The molecule has 0 bridgehead atoms. The second-order valence-corrected chi connectivity index (χ2v) is 5.76. The standard InChI is InChI=1S/C20H22O4/c21-20-18(24-14-17-9-5-2-6-10-17)11-12-23-19(20)15-22-13-16-7-3-1-4-8-16/h1-12,18-21H,13-15H2/t18-,19?,20-/m1/s1. The molecule has 2 aromatic rings. The maximum atomic E-state index is 10.4. The van der Waals surface area contributed by atoms with Crippen LogP contribution in [0.1, 0.15) is 11.1 Å². The zero-order valence-corrected chi connectivity index (χ0v) is 13.5. The number of aliphatic hydroxyl groups excluding tert-OH is 1. The van der Waals surface area contributed by atoms with E-state index in [1.165, 1.54) is 0 Å². The van der Waals surface area contributed by atoms with Crippen molar-refractivity contribution in [2.45, 2.75) is 31.5 Å². The predicted octanol–water partition coefficient (Wildman–Crippen LogP) is 3.06. The van der Waals surface area contributed by atoms with E-state index in [-0.39, 0.29) is 0 Å². The highest BCUT2D eigenvalue weighted by atomic mass is 16.6. The summed E-state index contributed by atoms with van der Waals surface area (Å²) in [4.78, 5) is 0. The Morgan fingerprint density at radius 2 is 1.50 bits per heavy atom. The van der Waals surface area contributed by atoms with E-state index >= 15 is 0 Å². The molecule has 2 aromatic carbocycles. The molecule has 1 unspecified atom stereocenters. The van der Waals surface area contributed by atoms with Crippen LogP contribution in [0.5, 0.6) is 0 Å². The third kappa shape index (κ3) is 4.68. The van der Waals surface area contributed by atoms with Crippen molar-refractivity contribution in [3.8, 4) is 0 Å². The third-order valence-electron chi connectivity index (χ3n) is 3.92. The Bertz CT molecular complexity index is 627. The van der Waals surface area contributed by atoms with Crippen LogP contribution < -0.4 is 0 Å². The van der Waals surface area contributed by atoms with Gasteiger partial charge in [-0.25, -0.2) is 0 Å². The molecule has 0 aromatic heterocycles. The molecule has 0 amide bonds. The second kappa shape index (κ2) is 8.64. The van der Waals surface area contributed by atoms with Crippen LogP contribution in [-0.2, 0) is 27.4 Å². The molecule has 1 N–H and O–H groups in total. The second-order valence-electron chi connectivity index (χ2n) is 5.76. The van der Waals surface area contributed by atoms with Crippen LogP contribution in [0.4, 0.5) is 0 Å². The zero-order valence-electron chi connectivity index (χ0n) is 13.5. The van der Waals surface area contributed by atoms with Crippen LogP contribution in [0.3, 0.4) is 0 Å². The summed E-state index contributed by atoms with van der Waals surface area (Å²) in [5.41, 5.74) is 2.16. The van der Waals surface area contributed by atoms with E-state index in [0.717, 1.165) is 11.1 Å². The maximum absolute atomic E-state index is 10.4. The Morgan fingerprint density at radius 3 is 2.17 bits per heavy atom. The van der Waals surface area contributed by atoms with Crippen LogP contribution >= 0.6 is 0 Å². The summed E-state index contributed by atoms with van der Waals surface area (Å²) in [6, 6.07) is 19.8.